The van der Waals surface area contributed by atoms with E-state index >= 15 is 0 Å². The Morgan fingerprint density at radius 1 is 1.13 bits per heavy atom. The van der Waals surface area contributed by atoms with Gasteiger partial charge in [-0.05, 0) is 77.2 Å². The van der Waals surface area contributed by atoms with E-state index in [1.165, 1.54) is 72.8 Å². The number of benzene rings is 1. The van der Waals surface area contributed by atoms with Crippen LogP contribution in [0.15, 0.2) is 41.6 Å². The van der Waals surface area contributed by atoms with E-state index in [1.807, 2.05) is 6.92 Å². The molecule has 0 aliphatic heterocycles. The predicted octanol–water partition coefficient (Wildman–Crippen LogP) is 6.00. The van der Waals surface area contributed by atoms with Gasteiger partial charge in [0.1, 0.15) is 0 Å². The molecule has 1 heteroatoms. The largest absolute Gasteiger partial charge is 0.402 e. The fraction of sp³-hybridized carbons (Fsp3) is 0.545. The molecule has 0 spiro atoms. The summed E-state index contributed by atoms with van der Waals surface area (Å²) >= 11 is 0. The van der Waals surface area contributed by atoms with Crippen LogP contribution in [-0.4, -0.2) is 0 Å². The van der Waals surface area contributed by atoms with Crippen molar-refractivity contribution in [3.05, 3.63) is 58.3 Å². The maximum Gasteiger partial charge on any atom is 0.00407 e. The monoisotopic (exact) mass is 311 g/mol. The Morgan fingerprint density at radius 3 is 2.30 bits per heavy atom. The van der Waals surface area contributed by atoms with Gasteiger partial charge in [0.15, 0.2) is 0 Å². The summed E-state index contributed by atoms with van der Waals surface area (Å²) in [6.45, 7) is 10.7. The summed E-state index contributed by atoms with van der Waals surface area (Å²) in [7, 11) is 0. The molecule has 1 aliphatic carbocycles. The summed E-state index contributed by atoms with van der Waals surface area (Å²) in [5.41, 5.74) is 14.0. The van der Waals surface area contributed by atoms with Crippen LogP contribution in [0.25, 0.3) is 0 Å². The summed E-state index contributed by atoms with van der Waals surface area (Å²) in [6, 6.07) is 6.83. The van der Waals surface area contributed by atoms with Crippen molar-refractivity contribution in [2.24, 2.45) is 11.7 Å². The van der Waals surface area contributed by atoms with E-state index in [-0.39, 0.29) is 0 Å². The van der Waals surface area contributed by atoms with Crippen molar-refractivity contribution < 1.29 is 0 Å². The highest BCUT2D eigenvalue weighted by Gasteiger charge is 2.17. The molecule has 0 unspecified atom stereocenters. The molecule has 0 amide bonds. The Balaban J connectivity index is 1.70. The fourth-order valence-electron chi connectivity index (χ4n) is 3.90. The van der Waals surface area contributed by atoms with Crippen LogP contribution in [0, 0.1) is 19.8 Å². The highest BCUT2D eigenvalue weighted by atomic mass is 14.6. The van der Waals surface area contributed by atoms with Gasteiger partial charge >= 0.3 is 0 Å². The standard InChI is InChI=1S/C22H33N/c1-16(13-21-14-17(2)12-18(3)15-21)6-5-7-20-8-10-22(11-9-20)19(4)23/h12,14-15,20H,1,5-11,13,23H2,2-4H3. The normalized spacial score (nSPS) is 18.0. The Labute approximate surface area is 142 Å². The number of aryl methyl sites for hydroxylation is 2. The molecule has 1 aliphatic rings. The Morgan fingerprint density at radius 2 is 1.74 bits per heavy atom. The summed E-state index contributed by atoms with van der Waals surface area (Å²) in [5.74, 6) is 0.895. The number of hydrogen-bond donors (Lipinski definition) is 1. The van der Waals surface area contributed by atoms with Crippen LogP contribution in [0.3, 0.4) is 0 Å². The third kappa shape index (κ3) is 5.89. The van der Waals surface area contributed by atoms with Gasteiger partial charge in [-0.1, -0.05) is 53.5 Å². The number of allylic oxidation sites excluding steroid dienone is 3. The number of rotatable bonds is 6. The lowest BCUT2D eigenvalue weighted by molar-refractivity contribution is 0.372. The summed E-state index contributed by atoms with van der Waals surface area (Å²) in [5, 5.41) is 0. The molecule has 126 valence electrons. The van der Waals surface area contributed by atoms with Crippen molar-refractivity contribution >= 4 is 0 Å². The SMILES string of the molecule is C=C(CCCC1CCC(=C(C)N)CC1)Cc1cc(C)cc(C)c1. The van der Waals surface area contributed by atoms with Gasteiger partial charge < -0.3 is 5.73 Å². The highest BCUT2D eigenvalue weighted by molar-refractivity contribution is 5.31. The van der Waals surface area contributed by atoms with E-state index in [1.54, 1.807) is 0 Å². The third-order valence-corrected chi connectivity index (χ3v) is 5.14. The van der Waals surface area contributed by atoms with E-state index < -0.39 is 0 Å². The molecule has 1 fully saturated rings. The lowest BCUT2D eigenvalue weighted by Gasteiger charge is -2.24. The zero-order chi connectivity index (χ0) is 16.8. The maximum absolute atomic E-state index is 5.91. The molecule has 23 heavy (non-hydrogen) atoms. The second-order valence-electron chi connectivity index (χ2n) is 7.54. The first-order valence-electron chi connectivity index (χ1n) is 9.12. The van der Waals surface area contributed by atoms with E-state index in [2.05, 4.69) is 38.6 Å². The molecule has 0 atom stereocenters. The Bertz CT molecular complexity index is 545. The minimum atomic E-state index is 0.895. The molecule has 0 bridgehead atoms. The smallest absolute Gasteiger partial charge is 0.00407 e. The minimum Gasteiger partial charge on any atom is -0.402 e. The zero-order valence-electron chi connectivity index (χ0n) is 15.3. The lowest BCUT2D eigenvalue weighted by atomic mass is 9.82. The summed E-state index contributed by atoms with van der Waals surface area (Å²) in [6.07, 6.45) is 9.93. The van der Waals surface area contributed by atoms with Gasteiger partial charge in [0, 0.05) is 5.70 Å². The van der Waals surface area contributed by atoms with E-state index in [9.17, 15) is 0 Å². The van der Waals surface area contributed by atoms with Gasteiger partial charge in [-0.3, -0.25) is 0 Å². The van der Waals surface area contributed by atoms with Gasteiger partial charge in [0.2, 0.25) is 0 Å². The molecule has 2 rings (SSSR count). The molecule has 1 saturated carbocycles. The zero-order valence-corrected chi connectivity index (χ0v) is 15.3. The lowest BCUT2D eigenvalue weighted by Crippen LogP contribution is -2.11. The molecule has 1 aromatic rings. The van der Waals surface area contributed by atoms with E-state index in [4.69, 9.17) is 5.73 Å². The van der Waals surface area contributed by atoms with Crippen LogP contribution in [0.5, 0.6) is 0 Å². The number of nitrogens with two attached hydrogens (primary N) is 1. The van der Waals surface area contributed by atoms with Crippen molar-refractivity contribution in [3.63, 3.8) is 0 Å². The van der Waals surface area contributed by atoms with Gasteiger partial charge in [-0.25, -0.2) is 0 Å². The second kappa shape index (κ2) is 8.38. The molecule has 1 nitrogen and oxygen atoms in total. The van der Waals surface area contributed by atoms with Crippen molar-refractivity contribution in [1.82, 2.24) is 0 Å². The fourth-order valence-corrected chi connectivity index (χ4v) is 3.90. The maximum atomic E-state index is 5.91. The van der Waals surface area contributed by atoms with E-state index in [0.717, 1.165) is 18.0 Å². The molecule has 0 saturated heterocycles. The average molecular weight is 312 g/mol. The second-order valence-corrected chi connectivity index (χ2v) is 7.54. The van der Waals surface area contributed by atoms with Crippen LogP contribution < -0.4 is 5.73 Å². The van der Waals surface area contributed by atoms with Crippen LogP contribution in [0.2, 0.25) is 0 Å². The van der Waals surface area contributed by atoms with Gasteiger partial charge in [-0.15, -0.1) is 0 Å². The van der Waals surface area contributed by atoms with Crippen molar-refractivity contribution in [3.8, 4) is 0 Å². The molecule has 0 heterocycles. The first kappa shape index (κ1) is 17.8. The topological polar surface area (TPSA) is 26.0 Å². The van der Waals surface area contributed by atoms with Gasteiger partial charge in [0.25, 0.3) is 0 Å². The Hall–Kier alpha value is -1.50. The minimum absolute atomic E-state index is 0.895. The first-order chi connectivity index (χ1) is 10.9. The quantitative estimate of drug-likeness (QED) is 0.641. The van der Waals surface area contributed by atoms with E-state index in [0.29, 0.717) is 0 Å². The Kier molecular flexibility index (Phi) is 6.50. The molecule has 2 N–H and O–H groups in total. The van der Waals surface area contributed by atoms with Crippen LogP contribution >= 0.6 is 0 Å². The molecule has 1 aromatic carbocycles. The third-order valence-electron chi connectivity index (χ3n) is 5.14. The molecular weight excluding hydrogens is 278 g/mol. The average Bonchev–Trinajstić information content (AvgIpc) is 2.46. The van der Waals surface area contributed by atoms with Gasteiger partial charge in [-0.2, -0.15) is 0 Å². The van der Waals surface area contributed by atoms with Crippen LogP contribution in [0.4, 0.5) is 0 Å². The first-order valence-corrected chi connectivity index (χ1v) is 9.12. The molecule has 0 aromatic heterocycles. The highest BCUT2D eigenvalue weighted by Crippen LogP contribution is 2.32. The summed E-state index contributed by atoms with van der Waals surface area (Å²) in [4.78, 5) is 0. The number of hydrogen-bond acceptors (Lipinski definition) is 1. The van der Waals surface area contributed by atoms with Crippen LogP contribution in [0.1, 0.15) is 68.6 Å². The summed E-state index contributed by atoms with van der Waals surface area (Å²) < 4.78 is 0. The van der Waals surface area contributed by atoms with Gasteiger partial charge in [0.05, 0.1) is 0 Å². The van der Waals surface area contributed by atoms with Crippen molar-refractivity contribution in [1.29, 1.82) is 0 Å². The van der Waals surface area contributed by atoms with Crippen molar-refractivity contribution in [2.75, 3.05) is 0 Å². The molecule has 0 radical (unpaired) electrons. The molecular formula is C22H33N. The van der Waals surface area contributed by atoms with Crippen LogP contribution in [-0.2, 0) is 6.42 Å². The predicted molar refractivity (Wildman–Crippen MR) is 101 cm³/mol. The van der Waals surface area contributed by atoms with Crippen molar-refractivity contribution in [2.45, 2.75) is 72.1 Å².